The Kier molecular flexibility index (Phi) is 8.98. The Bertz CT molecular complexity index is 926. The van der Waals surface area contributed by atoms with E-state index in [1.165, 1.54) is 11.8 Å². The van der Waals surface area contributed by atoms with Gasteiger partial charge in [0, 0.05) is 24.5 Å². The Morgan fingerprint density at radius 1 is 1.03 bits per heavy atom. The quantitative estimate of drug-likeness (QED) is 0.437. The second-order valence-electron chi connectivity index (χ2n) is 7.40. The van der Waals surface area contributed by atoms with Crippen molar-refractivity contribution >= 4 is 29.5 Å². The molecule has 1 fully saturated rings. The van der Waals surface area contributed by atoms with E-state index in [9.17, 15) is 14.4 Å². The molecule has 0 aliphatic carbocycles. The minimum Gasteiger partial charge on any atom is -0.497 e. The van der Waals surface area contributed by atoms with E-state index in [-0.39, 0.29) is 24.2 Å². The van der Waals surface area contributed by atoms with E-state index in [1.807, 2.05) is 35.2 Å². The minimum absolute atomic E-state index is 0.0758. The van der Waals surface area contributed by atoms with E-state index < -0.39 is 5.97 Å². The molecule has 8 heteroatoms. The minimum atomic E-state index is -0.577. The van der Waals surface area contributed by atoms with Crippen molar-refractivity contribution in [1.82, 2.24) is 10.2 Å². The van der Waals surface area contributed by atoms with Crippen LogP contribution in [-0.2, 0) is 20.7 Å². The van der Waals surface area contributed by atoms with Crippen molar-refractivity contribution < 1.29 is 23.9 Å². The lowest BCUT2D eigenvalue weighted by molar-refractivity contribution is -0.127. The summed E-state index contributed by atoms with van der Waals surface area (Å²) >= 11 is 1.32. The number of methoxy groups -OCH3 is 1. The molecule has 32 heavy (non-hydrogen) atoms. The van der Waals surface area contributed by atoms with Crippen LogP contribution in [0.25, 0.3) is 0 Å². The molecule has 1 aliphatic rings. The van der Waals surface area contributed by atoms with Gasteiger partial charge >= 0.3 is 5.97 Å². The molecule has 3 rings (SSSR count). The highest BCUT2D eigenvalue weighted by atomic mass is 32.2. The molecule has 0 saturated carbocycles. The first-order valence-corrected chi connectivity index (χ1v) is 11.6. The number of likely N-dealkylation sites (tertiary alicyclic amines) is 1. The van der Waals surface area contributed by atoms with Crippen molar-refractivity contribution in [2.45, 2.75) is 24.2 Å². The zero-order chi connectivity index (χ0) is 22.8. The number of nitrogens with zero attached hydrogens (tertiary/aromatic N) is 1. The molecule has 1 aliphatic heterocycles. The highest BCUT2D eigenvalue weighted by Crippen LogP contribution is 2.24. The number of rotatable bonds is 10. The third-order valence-corrected chi connectivity index (χ3v) is 6.20. The van der Waals surface area contributed by atoms with E-state index in [0.29, 0.717) is 23.4 Å². The Balaban J connectivity index is 1.42. The zero-order valence-corrected chi connectivity index (χ0v) is 19.0. The van der Waals surface area contributed by atoms with Crippen LogP contribution in [0.3, 0.4) is 0 Å². The van der Waals surface area contributed by atoms with Gasteiger partial charge in [-0.05, 0) is 49.1 Å². The van der Waals surface area contributed by atoms with Crippen LogP contribution in [0.2, 0.25) is 0 Å². The average Bonchev–Trinajstić information content (AvgIpc) is 3.37. The van der Waals surface area contributed by atoms with Gasteiger partial charge in [-0.1, -0.05) is 24.3 Å². The van der Waals surface area contributed by atoms with Crippen molar-refractivity contribution in [2.24, 2.45) is 0 Å². The topological polar surface area (TPSA) is 84.9 Å². The van der Waals surface area contributed by atoms with Crippen molar-refractivity contribution in [3.8, 4) is 5.75 Å². The number of ether oxygens (including phenoxy) is 2. The van der Waals surface area contributed by atoms with E-state index in [2.05, 4.69) is 5.32 Å². The average molecular weight is 457 g/mol. The molecule has 1 saturated heterocycles. The van der Waals surface area contributed by atoms with E-state index in [4.69, 9.17) is 9.47 Å². The molecule has 2 aromatic rings. The van der Waals surface area contributed by atoms with Crippen LogP contribution in [0.15, 0.2) is 53.4 Å². The Morgan fingerprint density at radius 2 is 1.75 bits per heavy atom. The molecule has 1 N–H and O–H groups in total. The summed E-state index contributed by atoms with van der Waals surface area (Å²) in [6.07, 6.45) is 2.75. The molecular formula is C24H28N2O5S. The molecule has 0 unspecified atom stereocenters. The number of hydrogen-bond acceptors (Lipinski definition) is 6. The van der Waals surface area contributed by atoms with Crippen LogP contribution in [0.4, 0.5) is 0 Å². The summed E-state index contributed by atoms with van der Waals surface area (Å²) in [5.74, 6) is 0.194. The van der Waals surface area contributed by atoms with Crippen LogP contribution in [-0.4, -0.2) is 61.8 Å². The molecule has 0 radical (unpaired) electrons. The van der Waals surface area contributed by atoms with Gasteiger partial charge < -0.3 is 19.7 Å². The number of thioether (sulfide) groups is 1. The van der Waals surface area contributed by atoms with E-state index >= 15 is 0 Å². The number of carbonyl (C=O) groups is 3. The highest BCUT2D eigenvalue weighted by Gasteiger charge is 2.20. The monoisotopic (exact) mass is 456 g/mol. The number of esters is 1. The predicted octanol–water partition coefficient (Wildman–Crippen LogP) is 2.93. The molecule has 7 nitrogen and oxygen atoms in total. The lowest BCUT2D eigenvalue weighted by Crippen LogP contribution is -2.30. The number of benzene rings is 2. The first-order chi connectivity index (χ1) is 15.6. The van der Waals surface area contributed by atoms with Crippen LogP contribution in [0.1, 0.15) is 28.8 Å². The van der Waals surface area contributed by atoms with Gasteiger partial charge in [0.2, 0.25) is 5.91 Å². The second-order valence-corrected chi connectivity index (χ2v) is 8.41. The largest absolute Gasteiger partial charge is 0.497 e. The third kappa shape index (κ3) is 7.02. The third-order valence-electron chi connectivity index (χ3n) is 5.15. The summed E-state index contributed by atoms with van der Waals surface area (Å²) in [7, 11) is 1.61. The standard InChI is InChI=1S/C24H28N2O5S/c1-30-19-10-8-18(9-11-19)12-13-25-22(27)16-31-24(29)20-6-2-3-7-21(20)32-17-23(28)26-14-4-5-15-26/h2-3,6-11H,4-5,12-17H2,1H3,(H,25,27). The molecule has 2 aromatic carbocycles. The van der Waals surface area contributed by atoms with Crippen LogP contribution in [0, 0.1) is 0 Å². The van der Waals surface area contributed by atoms with E-state index in [0.717, 1.165) is 37.2 Å². The summed E-state index contributed by atoms with van der Waals surface area (Å²) in [4.78, 5) is 39.4. The van der Waals surface area contributed by atoms with Gasteiger partial charge in [-0.3, -0.25) is 9.59 Å². The summed E-state index contributed by atoms with van der Waals surface area (Å²) in [5, 5.41) is 2.75. The Labute approximate surface area is 192 Å². The molecule has 0 spiro atoms. The fraction of sp³-hybridized carbons (Fsp3) is 0.375. The molecule has 170 valence electrons. The molecule has 0 atom stereocenters. The first kappa shape index (κ1) is 23.7. The summed E-state index contributed by atoms with van der Waals surface area (Å²) in [6.45, 7) is 1.69. The summed E-state index contributed by atoms with van der Waals surface area (Å²) in [6, 6.07) is 14.6. The number of carbonyl (C=O) groups excluding carboxylic acids is 3. The second kappa shape index (κ2) is 12.1. The van der Waals surface area contributed by atoms with Crippen molar-refractivity contribution in [1.29, 1.82) is 0 Å². The lowest BCUT2D eigenvalue weighted by atomic mass is 10.1. The number of hydrogen-bond donors (Lipinski definition) is 1. The fourth-order valence-electron chi connectivity index (χ4n) is 3.36. The normalized spacial score (nSPS) is 13.0. The maximum absolute atomic E-state index is 12.5. The fourth-order valence-corrected chi connectivity index (χ4v) is 4.30. The van der Waals surface area contributed by atoms with Crippen molar-refractivity contribution in [3.05, 3.63) is 59.7 Å². The Hall–Kier alpha value is -3.00. The van der Waals surface area contributed by atoms with E-state index in [1.54, 1.807) is 25.3 Å². The highest BCUT2D eigenvalue weighted by molar-refractivity contribution is 8.00. The summed E-state index contributed by atoms with van der Waals surface area (Å²) < 4.78 is 10.3. The smallest absolute Gasteiger partial charge is 0.339 e. The van der Waals surface area contributed by atoms with Gasteiger partial charge in [0.15, 0.2) is 6.61 Å². The van der Waals surface area contributed by atoms with Crippen LogP contribution in [0.5, 0.6) is 5.75 Å². The van der Waals surface area contributed by atoms with Gasteiger partial charge in [-0.25, -0.2) is 4.79 Å². The molecule has 1 heterocycles. The van der Waals surface area contributed by atoms with Gasteiger partial charge in [-0.15, -0.1) is 11.8 Å². The van der Waals surface area contributed by atoms with Crippen LogP contribution < -0.4 is 10.1 Å². The predicted molar refractivity (Wildman–Crippen MR) is 123 cm³/mol. The molecular weight excluding hydrogens is 428 g/mol. The zero-order valence-electron chi connectivity index (χ0n) is 18.2. The molecule has 2 amide bonds. The molecule has 0 bridgehead atoms. The lowest BCUT2D eigenvalue weighted by Gasteiger charge is -2.15. The van der Waals surface area contributed by atoms with Crippen LogP contribution >= 0.6 is 11.8 Å². The number of nitrogens with one attached hydrogen (secondary N) is 1. The van der Waals surface area contributed by atoms with Gasteiger partial charge in [0.05, 0.1) is 18.4 Å². The van der Waals surface area contributed by atoms with Crippen molar-refractivity contribution in [2.75, 3.05) is 39.1 Å². The van der Waals surface area contributed by atoms with Gasteiger partial charge in [0.25, 0.3) is 5.91 Å². The summed E-state index contributed by atoms with van der Waals surface area (Å²) in [5.41, 5.74) is 1.43. The van der Waals surface area contributed by atoms with Gasteiger partial charge in [0.1, 0.15) is 5.75 Å². The number of amides is 2. The molecule has 0 aromatic heterocycles. The maximum Gasteiger partial charge on any atom is 0.339 e. The Morgan fingerprint density at radius 3 is 2.47 bits per heavy atom. The maximum atomic E-state index is 12.5. The van der Waals surface area contributed by atoms with Gasteiger partial charge in [-0.2, -0.15) is 0 Å². The first-order valence-electron chi connectivity index (χ1n) is 10.6. The van der Waals surface area contributed by atoms with Crippen molar-refractivity contribution in [3.63, 3.8) is 0 Å². The SMILES string of the molecule is COc1ccc(CCNC(=O)COC(=O)c2ccccc2SCC(=O)N2CCCC2)cc1.